The van der Waals surface area contributed by atoms with E-state index in [9.17, 15) is 0 Å². The molecule has 1 aromatic rings. The number of rotatable bonds is 1. The highest BCUT2D eigenvalue weighted by Gasteiger charge is 2.19. The molecule has 2 rings (SSSR count). The van der Waals surface area contributed by atoms with Crippen molar-refractivity contribution in [2.75, 3.05) is 11.5 Å². The number of nitrogens with zero attached hydrogens (tertiary/aromatic N) is 2. The molecule has 2 heterocycles. The largest absolute Gasteiger partial charge is 0.226 e. The van der Waals surface area contributed by atoms with Gasteiger partial charge in [-0.3, -0.25) is 0 Å². The molecule has 0 saturated carbocycles. The Morgan fingerprint density at radius 2 is 2.00 bits per heavy atom. The predicted molar refractivity (Wildman–Crippen MR) is 61.4 cm³/mol. The minimum absolute atomic E-state index is 0.226. The van der Waals surface area contributed by atoms with E-state index < -0.39 is 0 Å². The fraction of sp³-hybridized carbons (Fsp3) is 0.556. The van der Waals surface area contributed by atoms with Gasteiger partial charge in [0.1, 0.15) is 5.15 Å². The fourth-order valence-electron chi connectivity index (χ4n) is 1.63. The van der Waals surface area contributed by atoms with Gasteiger partial charge in [-0.2, -0.15) is 11.8 Å². The molecule has 0 aliphatic carbocycles. The molecule has 1 saturated heterocycles. The summed E-state index contributed by atoms with van der Waals surface area (Å²) in [5, 5.41) is 0.742. The van der Waals surface area contributed by atoms with E-state index in [1.807, 2.05) is 11.8 Å². The lowest BCUT2D eigenvalue weighted by Gasteiger charge is -2.21. The lowest BCUT2D eigenvalue weighted by atomic mass is 9.96. The zero-order valence-corrected chi connectivity index (χ0v) is 9.87. The average molecular weight is 249 g/mol. The van der Waals surface area contributed by atoms with Gasteiger partial charge in [-0.25, -0.2) is 9.97 Å². The minimum Gasteiger partial charge on any atom is -0.226 e. The van der Waals surface area contributed by atoms with E-state index in [2.05, 4.69) is 9.97 Å². The van der Waals surface area contributed by atoms with Crippen LogP contribution >= 0.6 is 35.0 Å². The van der Waals surface area contributed by atoms with Crippen molar-refractivity contribution in [3.8, 4) is 0 Å². The maximum Gasteiger partial charge on any atom is 0.223 e. The molecule has 2 nitrogen and oxygen atoms in total. The standard InChI is InChI=1S/C9H10Cl2N2S/c10-8-7(5-12-9(11)13-8)6-1-3-14-4-2-6/h5-6H,1-4H2. The van der Waals surface area contributed by atoms with Crippen LogP contribution < -0.4 is 0 Å². The fourth-order valence-corrected chi connectivity index (χ4v) is 3.20. The highest BCUT2D eigenvalue weighted by atomic mass is 35.5. The van der Waals surface area contributed by atoms with Gasteiger partial charge in [0.2, 0.25) is 5.28 Å². The van der Waals surface area contributed by atoms with Gasteiger partial charge in [-0.1, -0.05) is 11.6 Å². The summed E-state index contributed by atoms with van der Waals surface area (Å²) in [5.41, 5.74) is 1.05. The van der Waals surface area contributed by atoms with Crippen LogP contribution in [0.4, 0.5) is 0 Å². The van der Waals surface area contributed by atoms with Crippen molar-refractivity contribution in [3.05, 3.63) is 22.2 Å². The molecule has 0 amide bonds. The van der Waals surface area contributed by atoms with Gasteiger partial charge in [0.05, 0.1) is 0 Å². The number of aromatic nitrogens is 2. The Morgan fingerprint density at radius 3 is 2.64 bits per heavy atom. The second-order valence-electron chi connectivity index (χ2n) is 3.27. The summed E-state index contributed by atoms with van der Waals surface area (Å²) >= 11 is 13.7. The molecule has 1 aliphatic rings. The Kier molecular flexibility index (Phi) is 3.52. The van der Waals surface area contributed by atoms with Crippen LogP contribution in [0.1, 0.15) is 24.3 Å². The van der Waals surface area contributed by atoms with Gasteiger partial charge < -0.3 is 0 Å². The third kappa shape index (κ3) is 2.33. The first kappa shape index (κ1) is 10.5. The van der Waals surface area contributed by atoms with Crippen LogP contribution in [0.15, 0.2) is 6.20 Å². The summed E-state index contributed by atoms with van der Waals surface area (Å²) < 4.78 is 0. The van der Waals surface area contributed by atoms with Crippen molar-refractivity contribution in [2.45, 2.75) is 18.8 Å². The summed E-state index contributed by atoms with van der Waals surface area (Å²) in [6, 6.07) is 0. The van der Waals surface area contributed by atoms with E-state index in [0.717, 1.165) is 18.4 Å². The van der Waals surface area contributed by atoms with E-state index >= 15 is 0 Å². The van der Waals surface area contributed by atoms with Crippen molar-refractivity contribution >= 4 is 35.0 Å². The Hall–Kier alpha value is 0.01000. The van der Waals surface area contributed by atoms with Gasteiger partial charge in [-0.05, 0) is 41.9 Å². The summed E-state index contributed by atoms with van der Waals surface area (Å²) in [4.78, 5) is 7.94. The molecule has 14 heavy (non-hydrogen) atoms. The molecule has 0 N–H and O–H groups in total. The third-order valence-electron chi connectivity index (χ3n) is 2.40. The van der Waals surface area contributed by atoms with E-state index in [1.54, 1.807) is 6.20 Å². The van der Waals surface area contributed by atoms with E-state index in [1.165, 1.54) is 11.5 Å². The second kappa shape index (κ2) is 4.69. The zero-order valence-electron chi connectivity index (χ0n) is 7.54. The quantitative estimate of drug-likeness (QED) is 0.563. The van der Waals surface area contributed by atoms with Crippen LogP contribution in [-0.2, 0) is 0 Å². The Bertz CT molecular complexity index is 327. The van der Waals surface area contributed by atoms with Gasteiger partial charge in [0.25, 0.3) is 0 Å². The zero-order chi connectivity index (χ0) is 9.97. The molecule has 0 bridgehead atoms. The first-order valence-corrected chi connectivity index (χ1v) is 6.44. The van der Waals surface area contributed by atoms with Crippen molar-refractivity contribution < 1.29 is 0 Å². The molecule has 0 atom stereocenters. The van der Waals surface area contributed by atoms with E-state index in [4.69, 9.17) is 23.2 Å². The summed E-state index contributed by atoms with van der Waals surface area (Å²) in [7, 11) is 0. The highest BCUT2D eigenvalue weighted by molar-refractivity contribution is 7.99. The smallest absolute Gasteiger partial charge is 0.223 e. The van der Waals surface area contributed by atoms with Crippen molar-refractivity contribution in [2.24, 2.45) is 0 Å². The topological polar surface area (TPSA) is 25.8 Å². The SMILES string of the molecule is Clc1ncc(C2CCSCC2)c(Cl)n1. The van der Waals surface area contributed by atoms with Crippen molar-refractivity contribution in [3.63, 3.8) is 0 Å². The molecule has 0 radical (unpaired) electrons. The van der Waals surface area contributed by atoms with Crippen molar-refractivity contribution in [1.29, 1.82) is 0 Å². The van der Waals surface area contributed by atoms with Crippen LogP contribution in [0.2, 0.25) is 10.4 Å². The van der Waals surface area contributed by atoms with Gasteiger partial charge >= 0.3 is 0 Å². The number of hydrogen-bond acceptors (Lipinski definition) is 3. The maximum atomic E-state index is 6.02. The number of halogens is 2. The Morgan fingerprint density at radius 1 is 1.29 bits per heavy atom. The molecule has 5 heteroatoms. The lowest BCUT2D eigenvalue weighted by Crippen LogP contribution is -2.09. The predicted octanol–water partition coefficient (Wildman–Crippen LogP) is 3.39. The lowest BCUT2D eigenvalue weighted by molar-refractivity contribution is 0.632. The third-order valence-corrected chi connectivity index (χ3v) is 3.93. The second-order valence-corrected chi connectivity index (χ2v) is 5.19. The first-order valence-electron chi connectivity index (χ1n) is 4.53. The van der Waals surface area contributed by atoms with Crippen LogP contribution in [0.5, 0.6) is 0 Å². The van der Waals surface area contributed by atoms with Gasteiger partial charge in [0.15, 0.2) is 0 Å². The van der Waals surface area contributed by atoms with Crippen LogP contribution in [-0.4, -0.2) is 21.5 Å². The molecule has 1 aromatic heterocycles. The van der Waals surface area contributed by atoms with E-state index in [-0.39, 0.29) is 5.28 Å². The molecule has 0 spiro atoms. The molecular formula is C9H10Cl2N2S. The van der Waals surface area contributed by atoms with Crippen LogP contribution in [0, 0.1) is 0 Å². The van der Waals surface area contributed by atoms with Gasteiger partial charge in [-0.15, -0.1) is 0 Å². The number of thioether (sulfide) groups is 1. The summed E-state index contributed by atoms with van der Waals surface area (Å²) in [6.45, 7) is 0. The summed E-state index contributed by atoms with van der Waals surface area (Å²) in [6.07, 6.45) is 4.09. The molecule has 1 aliphatic heterocycles. The molecular weight excluding hydrogens is 239 g/mol. The maximum absolute atomic E-state index is 6.02. The van der Waals surface area contributed by atoms with Crippen LogP contribution in [0.3, 0.4) is 0 Å². The molecule has 0 aromatic carbocycles. The van der Waals surface area contributed by atoms with Crippen molar-refractivity contribution in [1.82, 2.24) is 9.97 Å². The highest BCUT2D eigenvalue weighted by Crippen LogP contribution is 2.34. The number of hydrogen-bond donors (Lipinski definition) is 0. The first-order chi connectivity index (χ1) is 6.77. The summed E-state index contributed by atoms with van der Waals surface area (Å²) in [5.74, 6) is 2.91. The van der Waals surface area contributed by atoms with E-state index in [0.29, 0.717) is 11.1 Å². The Labute approximate surface area is 97.4 Å². The molecule has 0 unspecified atom stereocenters. The monoisotopic (exact) mass is 248 g/mol. The molecule has 1 fully saturated rings. The van der Waals surface area contributed by atoms with Crippen LogP contribution in [0.25, 0.3) is 0 Å². The normalized spacial score (nSPS) is 18.4. The van der Waals surface area contributed by atoms with Gasteiger partial charge in [0, 0.05) is 11.8 Å². The average Bonchev–Trinajstić information content (AvgIpc) is 2.19. The Balaban J connectivity index is 2.22. The minimum atomic E-state index is 0.226. The molecule has 76 valence electrons.